The Bertz CT molecular complexity index is 73.3. The van der Waals surface area contributed by atoms with Crippen LogP contribution in [-0.2, 0) is 4.79 Å². The fraction of sp³-hybridized carbons (Fsp3) is 0.900. The summed E-state index contributed by atoms with van der Waals surface area (Å²) >= 11 is 0. The van der Waals surface area contributed by atoms with E-state index in [-0.39, 0.29) is 0 Å². The van der Waals surface area contributed by atoms with Gasteiger partial charge in [0.05, 0.1) is 0 Å². The fourth-order valence-corrected chi connectivity index (χ4v) is 0.284. The zero-order valence-electron chi connectivity index (χ0n) is 9.98. The first-order valence-electron chi connectivity index (χ1n) is 5.00. The summed E-state index contributed by atoms with van der Waals surface area (Å²) in [5.74, 6) is 0.560. The van der Waals surface area contributed by atoms with Gasteiger partial charge in [0.1, 0.15) is 0 Å². The minimum atomic E-state index is 0.560. The van der Waals surface area contributed by atoms with Gasteiger partial charge in [0.2, 0.25) is 6.41 Å². The molecule has 0 heterocycles. The van der Waals surface area contributed by atoms with E-state index in [0.717, 1.165) is 19.5 Å². The minimum absolute atomic E-state index is 0.560. The molecule has 0 aromatic carbocycles. The highest BCUT2D eigenvalue weighted by atomic mass is 16.1. The molecule has 0 spiro atoms. The molecule has 0 aliphatic heterocycles. The van der Waals surface area contributed by atoms with Crippen LogP contribution in [0, 0.1) is 5.92 Å². The fourth-order valence-electron chi connectivity index (χ4n) is 0.284. The highest BCUT2D eigenvalue weighted by Gasteiger charge is 1.86. The topological polar surface area (TPSA) is 41.1 Å². The highest BCUT2D eigenvalue weighted by molar-refractivity contribution is 5.45. The van der Waals surface area contributed by atoms with Crippen molar-refractivity contribution in [1.29, 1.82) is 0 Å². The van der Waals surface area contributed by atoms with Gasteiger partial charge in [-0.05, 0) is 19.5 Å². The molecule has 0 fully saturated rings. The smallest absolute Gasteiger partial charge is 0.207 e. The van der Waals surface area contributed by atoms with Crippen molar-refractivity contribution in [3.05, 3.63) is 0 Å². The zero-order chi connectivity index (χ0) is 11.1. The lowest BCUT2D eigenvalue weighted by atomic mass is 10.2. The second-order valence-corrected chi connectivity index (χ2v) is 2.63. The molecule has 13 heavy (non-hydrogen) atoms. The molecule has 0 aromatic rings. The number of carbonyl (C=O) groups is 1. The molecule has 1 amide bonds. The number of hydrogen-bond donors (Lipinski definition) is 2. The lowest BCUT2D eigenvalue weighted by Crippen LogP contribution is -2.16. The molecule has 0 saturated carbocycles. The van der Waals surface area contributed by atoms with Gasteiger partial charge in [-0.1, -0.05) is 34.6 Å². The maximum Gasteiger partial charge on any atom is 0.207 e. The van der Waals surface area contributed by atoms with E-state index in [1.165, 1.54) is 0 Å². The SMILES string of the molecule is CC.CC(C)CNC=O.CCNC. The molecule has 0 saturated heterocycles. The van der Waals surface area contributed by atoms with Crippen molar-refractivity contribution >= 4 is 6.41 Å². The molecule has 3 heteroatoms. The maximum absolute atomic E-state index is 9.60. The van der Waals surface area contributed by atoms with Crippen LogP contribution in [0.4, 0.5) is 0 Å². The van der Waals surface area contributed by atoms with Gasteiger partial charge in [0.25, 0.3) is 0 Å². The molecule has 3 nitrogen and oxygen atoms in total. The largest absolute Gasteiger partial charge is 0.358 e. The molecule has 0 aliphatic rings. The second kappa shape index (κ2) is 22.5. The summed E-state index contributed by atoms with van der Waals surface area (Å²) in [5.41, 5.74) is 0. The lowest BCUT2D eigenvalue weighted by molar-refractivity contribution is -0.109. The van der Waals surface area contributed by atoms with Gasteiger partial charge < -0.3 is 10.6 Å². The molecule has 0 atom stereocenters. The molecule has 0 aliphatic carbocycles. The van der Waals surface area contributed by atoms with Gasteiger partial charge in [-0.2, -0.15) is 0 Å². The van der Waals surface area contributed by atoms with Gasteiger partial charge in [-0.25, -0.2) is 0 Å². The Morgan fingerprint density at radius 3 is 1.77 bits per heavy atom. The average molecular weight is 190 g/mol. The van der Waals surface area contributed by atoms with Crippen LogP contribution in [0.5, 0.6) is 0 Å². The Kier molecular flexibility index (Phi) is 31.6. The van der Waals surface area contributed by atoms with Crippen molar-refractivity contribution in [2.45, 2.75) is 34.6 Å². The van der Waals surface area contributed by atoms with E-state index in [1.807, 2.05) is 20.9 Å². The predicted octanol–water partition coefficient (Wildman–Crippen LogP) is 1.64. The number of hydrogen-bond acceptors (Lipinski definition) is 2. The normalized spacial score (nSPS) is 7.62. The first-order valence-corrected chi connectivity index (χ1v) is 5.00. The third-order valence-electron chi connectivity index (χ3n) is 0.963. The van der Waals surface area contributed by atoms with Crippen LogP contribution in [0.3, 0.4) is 0 Å². The summed E-state index contributed by atoms with van der Waals surface area (Å²) in [6, 6.07) is 0. The first-order chi connectivity index (χ1) is 6.18. The number of rotatable bonds is 4. The molecule has 0 radical (unpaired) electrons. The molecule has 0 unspecified atom stereocenters. The number of amides is 1. The Morgan fingerprint density at radius 1 is 1.31 bits per heavy atom. The Labute approximate surface area is 83.3 Å². The molecule has 0 aromatic heterocycles. The average Bonchev–Trinajstić information content (AvgIpc) is 2.18. The summed E-state index contributed by atoms with van der Waals surface area (Å²) in [7, 11) is 1.93. The number of nitrogens with one attached hydrogen (secondary N) is 2. The summed E-state index contributed by atoms with van der Waals surface area (Å²) in [6.07, 6.45) is 0.722. The van der Waals surface area contributed by atoms with E-state index in [1.54, 1.807) is 0 Å². The summed E-state index contributed by atoms with van der Waals surface area (Å²) < 4.78 is 0. The van der Waals surface area contributed by atoms with Crippen LogP contribution in [0.15, 0.2) is 0 Å². The van der Waals surface area contributed by atoms with Crippen molar-refractivity contribution in [3.8, 4) is 0 Å². The first kappa shape index (κ1) is 18.3. The van der Waals surface area contributed by atoms with Crippen LogP contribution in [0.1, 0.15) is 34.6 Å². The van der Waals surface area contributed by atoms with Gasteiger partial charge >= 0.3 is 0 Å². The van der Waals surface area contributed by atoms with E-state index < -0.39 is 0 Å². The molecular weight excluding hydrogens is 164 g/mol. The van der Waals surface area contributed by atoms with Crippen LogP contribution in [-0.4, -0.2) is 26.5 Å². The second-order valence-electron chi connectivity index (χ2n) is 2.63. The summed E-state index contributed by atoms with van der Waals surface area (Å²) in [5, 5.41) is 5.50. The summed E-state index contributed by atoms with van der Waals surface area (Å²) in [6.45, 7) is 12.0. The molecule has 0 bridgehead atoms. The Balaban J connectivity index is -0.000000142. The third kappa shape index (κ3) is 51.8. The van der Waals surface area contributed by atoms with Crippen molar-refractivity contribution in [1.82, 2.24) is 10.6 Å². The van der Waals surface area contributed by atoms with Crippen LogP contribution in [0.25, 0.3) is 0 Å². The van der Waals surface area contributed by atoms with Gasteiger partial charge in [0.15, 0.2) is 0 Å². The van der Waals surface area contributed by atoms with Gasteiger partial charge in [0, 0.05) is 6.54 Å². The van der Waals surface area contributed by atoms with Gasteiger partial charge in [-0.15, -0.1) is 0 Å². The monoisotopic (exact) mass is 190 g/mol. The molecular formula is C10H26N2O. The standard InChI is InChI=1S/C5H11NO.C3H9N.C2H6/c1-5(2)3-6-4-7;1-3-4-2;1-2/h4-5H,3H2,1-2H3,(H,6,7);4H,3H2,1-2H3;1-2H3. The Morgan fingerprint density at radius 2 is 1.69 bits per heavy atom. The van der Waals surface area contributed by atoms with Crippen LogP contribution < -0.4 is 10.6 Å². The third-order valence-corrected chi connectivity index (χ3v) is 0.963. The van der Waals surface area contributed by atoms with Crippen molar-refractivity contribution in [2.24, 2.45) is 5.92 Å². The molecule has 0 rings (SSSR count). The summed E-state index contributed by atoms with van der Waals surface area (Å²) in [4.78, 5) is 9.60. The van der Waals surface area contributed by atoms with Crippen molar-refractivity contribution in [2.75, 3.05) is 20.1 Å². The zero-order valence-corrected chi connectivity index (χ0v) is 9.98. The van der Waals surface area contributed by atoms with Crippen molar-refractivity contribution in [3.63, 3.8) is 0 Å². The molecule has 82 valence electrons. The van der Waals surface area contributed by atoms with E-state index in [0.29, 0.717) is 5.92 Å². The lowest BCUT2D eigenvalue weighted by Gasteiger charge is -1.98. The van der Waals surface area contributed by atoms with E-state index in [9.17, 15) is 4.79 Å². The van der Waals surface area contributed by atoms with E-state index in [2.05, 4.69) is 31.4 Å². The van der Waals surface area contributed by atoms with Crippen LogP contribution >= 0.6 is 0 Å². The van der Waals surface area contributed by atoms with E-state index >= 15 is 0 Å². The van der Waals surface area contributed by atoms with Gasteiger partial charge in [-0.3, -0.25) is 4.79 Å². The van der Waals surface area contributed by atoms with Crippen LogP contribution in [0.2, 0.25) is 0 Å². The highest BCUT2D eigenvalue weighted by Crippen LogP contribution is 1.84. The number of carbonyl (C=O) groups excluding carboxylic acids is 1. The van der Waals surface area contributed by atoms with Crippen molar-refractivity contribution < 1.29 is 4.79 Å². The minimum Gasteiger partial charge on any atom is -0.358 e. The maximum atomic E-state index is 9.60. The molecule has 2 N–H and O–H groups in total. The van der Waals surface area contributed by atoms with E-state index in [4.69, 9.17) is 0 Å². The Hall–Kier alpha value is -0.570. The predicted molar refractivity (Wildman–Crippen MR) is 59.9 cm³/mol. The quantitative estimate of drug-likeness (QED) is 0.662.